The van der Waals surface area contributed by atoms with E-state index in [1.165, 1.54) is 40.1 Å². The molecule has 3 heteroatoms. The van der Waals surface area contributed by atoms with Crippen molar-refractivity contribution in [3.8, 4) is 0 Å². The van der Waals surface area contributed by atoms with Crippen LogP contribution >= 0.6 is 11.9 Å². The lowest BCUT2D eigenvalue weighted by atomic mass is 9.96. The lowest BCUT2D eigenvalue weighted by molar-refractivity contribution is 0.574. The van der Waals surface area contributed by atoms with Gasteiger partial charge in [0.1, 0.15) is 0 Å². The van der Waals surface area contributed by atoms with Gasteiger partial charge in [-0.25, -0.2) is 0 Å². The van der Waals surface area contributed by atoms with Crippen LogP contribution in [0.15, 0.2) is 47.4 Å². The van der Waals surface area contributed by atoms with Gasteiger partial charge in [0.05, 0.1) is 11.7 Å². The zero-order valence-electron chi connectivity index (χ0n) is 13.6. The Labute approximate surface area is 138 Å². The summed E-state index contributed by atoms with van der Waals surface area (Å²) in [5.74, 6) is 0. The van der Waals surface area contributed by atoms with Gasteiger partial charge in [0.2, 0.25) is 0 Å². The third-order valence-electron chi connectivity index (χ3n) is 4.18. The SMILES string of the molecule is CCCCNC1c2ccc(C)cc2SN(C)c2ccccc21. The first-order chi connectivity index (χ1) is 10.7. The normalized spacial score (nSPS) is 16.9. The van der Waals surface area contributed by atoms with Crippen LogP contribution in [0.1, 0.15) is 42.5 Å². The second-order valence-electron chi connectivity index (χ2n) is 5.93. The summed E-state index contributed by atoms with van der Waals surface area (Å²) in [6.45, 7) is 5.46. The fourth-order valence-electron chi connectivity index (χ4n) is 2.98. The van der Waals surface area contributed by atoms with Gasteiger partial charge < -0.3 is 9.62 Å². The largest absolute Gasteiger partial charge is 0.315 e. The van der Waals surface area contributed by atoms with E-state index in [1.54, 1.807) is 0 Å². The van der Waals surface area contributed by atoms with Crippen LogP contribution in [0.3, 0.4) is 0 Å². The number of hydrogen-bond acceptors (Lipinski definition) is 3. The van der Waals surface area contributed by atoms with E-state index in [9.17, 15) is 0 Å². The second-order valence-corrected chi connectivity index (χ2v) is 7.10. The van der Waals surface area contributed by atoms with Crippen molar-refractivity contribution < 1.29 is 0 Å². The Morgan fingerprint density at radius 2 is 1.95 bits per heavy atom. The predicted octanol–water partition coefficient (Wildman–Crippen LogP) is 4.93. The third-order valence-corrected chi connectivity index (χ3v) is 5.20. The number of nitrogens with one attached hydrogen (secondary N) is 1. The summed E-state index contributed by atoms with van der Waals surface area (Å²) in [5.41, 5.74) is 5.38. The van der Waals surface area contributed by atoms with Crippen molar-refractivity contribution in [2.24, 2.45) is 0 Å². The molecule has 1 unspecified atom stereocenters. The maximum absolute atomic E-state index is 3.77. The van der Waals surface area contributed by atoms with Crippen LogP contribution in [-0.4, -0.2) is 13.6 Å². The van der Waals surface area contributed by atoms with Crippen LogP contribution in [0.25, 0.3) is 0 Å². The molecule has 1 heterocycles. The fourth-order valence-corrected chi connectivity index (χ4v) is 4.07. The fraction of sp³-hybridized carbons (Fsp3) is 0.368. The van der Waals surface area contributed by atoms with Crippen molar-refractivity contribution in [1.29, 1.82) is 0 Å². The number of nitrogens with zero attached hydrogens (tertiary/aromatic N) is 1. The molecule has 2 aromatic carbocycles. The van der Waals surface area contributed by atoms with Crippen LogP contribution < -0.4 is 9.62 Å². The summed E-state index contributed by atoms with van der Waals surface area (Å²) in [6, 6.07) is 15.8. The molecule has 3 rings (SSSR count). The highest BCUT2D eigenvalue weighted by atomic mass is 32.2. The Morgan fingerprint density at radius 3 is 2.77 bits per heavy atom. The van der Waals surface area contributed by atoms with E-state index >= 15 is 0 Å². The zero-order valence-corrected chi connectivity index (χ0v) is 14.4. The Hall–Kier alpha value is -1.45. The van der Waals surface area contributed by atoms with Gasteiger partial charge in [-0.1, -0.05) is 43.7 Å². The molecule has 116 valence electrons. The summed E-state index contributed by atoms with van der Waals surface area (Å²) in [4.78, 5) is 1.35. The average Bonchev–Trinajstić information content (AvgIpc) is 2.63. The van der Waals surface area contributed by atoms with Crippen LogP contribution in [0.2, 0.25) is 0 Å². The number of anilines is 1. The average molecular weight is 312 g/mol. The number of rotatable bonds is 4. The van der Waals surface area contributed by atoms with E-state index in [0.717, 1.165) is 6.54 Å². The van der Waals surface area contributed by atoms with Crippen LogP contribution in [0, 0.1) is 6.92 Å². The van der Waals surface area contributed by atoms with Gasteiger partial charge >= 0.3 is 0 Å². The summed E-state index contributed by atoms with van der Waals surface area (Å²) >= 11 is 1.83. The standard InChI is InChI=1S/C19H24N2S/c1-4-5-12-20-19-15-8-6-7-9-17(15)21(3)22-18-13-14(2)10-11-16(18)19/h6-11,13,19-20H,4-5,12H2,1-3H3. The molecule has 0 aromatic heterocycles. The lowest BCUT2D eigenvalue weighted by Crippen LogP contribution is -2.24. The molecule has 0 spiro atoms. The molecule has 0 bridgehead atoms. The summed E-state index contributed by atoms with van der Waals surface area (Å²) in [7, 11) is 2.16. The molecular weight excluding hydrogens is 288 g/mol. The molecule has 2 nitrogen and oxygen atoms in total. The highest BCUT2D eigenvalue weighted by molar-refractivity contribution is 8.00. The first-order valence-electron chi connectivity index (χ1n) is 8.05. The van der Waals surface area contributed by atoms with E-state index in [0.29, 0.717) is 0 Å². The number of aryl methyl sites for hydroxylation is 1. The van der Waals surface area contributed by atoms with Crippen molar-refractivity contribution in [2.45, 2.75) is 37.6 Å². The van der Waals surface area contributed by atoms with Gasteiger partial charge in [-0.05, 0) is 60.7 Å². The van der Waals surface area contributed by atoms with E-state index < -0.39 is 0 Å². The van der Waals surface area contributed by atoms with Crippen molar-refractivity contribution in [1.82, 2.24) is 5.32 Å². The van der Waals surface area contributed by atoms with Crippen LogP contribution in [0.5, 0.6) is 0 Å². The quantitative estimate of drug-likeness (QED) is 0.636. The third kappa shape index (κ3) is 3.01. The minimum absolute atomic E-state index is 0.274. The number of fused-ring (bicyclic) bond motifs is 2. The highest BCUT2D eigenvalue weighted by Crippen LogP contribution is 2.43. The minimum atomic E-state index is 0.274. The first-order valence-corrected chi connectivity index (χ1v) is 8.82. The number of hydrogen-bond donors (Lipinski definition) is 1. The molecule has 0 aliphatic carbocycles. The molecule has 0 fully saturated rings. The van der Waals surface area contributed by atoms with Gasteiger partial charge in [-0.15, -0.1) is 0 Å². The van der Waals surface area contributed by atoms with Crippen molar-refractivity contribution in [2.75, 3.05) is 17.9 Å². The van der Waals surface area contributed by atoms with Crippen LogP contribution in [-0.2, 0) is 0 Å². The maximum Gasteiger partial charge on any atom is 0.0609 e. The molecule has 0 amide bonds. The predicted molar refractivity (Wildman–Crippen MR) is 96.6 cm³/mol. The molecule has 1 aliphatic heterocycles. The van der Waals surface area contributed by atoms with Crippen molar-refractivity contribution in [3.63, 3.8) is 0 Å². The first kappa shape index (κ1) is 15.4. The van der Waals surface area contributed by atoms with E-state index in [-0.39, 0.29) is 6.04 Å². The van der Waals surface area contributed by atoms with Crippen molar-refractivity contribution >= 4 is 17.6 Å². The minimum Gasteiger partial charge on any atom is -0.315 e. The second kappa shape index (κ2) is 6.76. The van der Waals surface area contributed by atoms with E-state index in [4.69, 9.17) is 0 Å². The summed E-state index contributed by atoms with van der Waals surface area (Å²) in [5, 5.41) is 3.77. The molecule has 1 atom stereocenters. The van der Waals surface area contributed by atoms with Gasteiger partial charge in [0.25, 0.3) is 0 Å². The Balaban J connectivity index is 2.07. The molecule has 0 saturated carbocycles. The van der Waals surface area contributed by atoms with Gasteiger partial charge in [-0.2, -0.15) is 0 Å². The van der Waals surface area contributed by atoms with Crippen LogP contribution in [0.4, 0.5) is 5.69 Å². The van der Waals surface area contributed by atoms with Gasteiger partial charge in [0.15, 0.2) is 0 Å². The molecule has 22 heavy (non-hydrogen) atoms. The Kier molecular flexibility index (Phi) is 4.74. The van der Waals surface area contributed by atoms with Gasteiger partial charge in [0, 0.05) is 11.9 Å². The maximum atomic E-state index is 3.77. The topological polar surface area (TPSA) is 15.3 Å². The number of para-hydroxylation sites is 1. The summed E-state index contributed by atoms with van der Waals surface area (Å²) < 4.78 is 2.29. The Morgan fingerprint density at radius 1 is 1.14 bits per heavy atom. The molecule has 1 N–H and O–H groups in total. The number of unbranched alkanes of at least 4 members (excludes halogenated alkanes) is 1. The molecule has 2 aromatic rings. The smallest absolute Gasteiger partial charge is 0.0609 e. The Bertz CT molecular complexity index is 654. The van der Waals surface area contributed by atoms with E-state index in [1.807, 2.05) is 11.9 Å². The number of benzene rings is 2. The zero-order chi connectivity index (χ0) is 15.5. The molecule has 0 radical (unpaired) electrons. The molecular formula is C19H24N2S. The molecule has 0 saturated heterocycles. The highest BCUT2D eigenvalue weighted by Gasteiger charge is 2.25. The lowest BCUT2D eigenvalue weighted by Gasteiger charge is -2.22. The summed E-state index contributed by atoms with van der Waals surface area (Å²) in [6.07, 6.45) is 2.43. The van der Waals surface area contributed by atoms with E-state index in [2.05, 4.69) is 73.0 Å². The van der Waals surface area contributed by atoms with Crippen molar-refractivity contribution in [3.05, 3.63) is 59.2 Å². The van der Waals surface area contributed by atoms with Gasteiger partial charge in [-0.3, -0.25) is 0 Å². The molecule has 1 aliphatic rings. The monoisotopic (exact) mass is 312 g/mol.